The van der Waals surface area contributed by atoms with Gasteiger partial charge in [0.1, 0.15) is 0 Å². The summed E-state index contributed by atoms with van der Waals surface area (Å²) < 4.78 is 0. The van der Waals surface area contributed by atoms with Crippen molar-refractivity contribution in [1.82, 2.24) is 4.90 Å². The second-order valence-electron chi connectivity index (χ2n) is 5.10. The van der Waals surface area contributed by atoms with E-state index in [0.717, 1.165) is 12.2 Å². The van der Waals surface area contributed by atoms with E-state index in [-0.39, 0.29) is 17.2 Å². The molecule has 3 nitrogen and oxygen atoms in total. The third-order valence-corrected chi connectivity index (χ3v) is 3.42. The molecule has 1 unspecified atom stereocenters. The quantitative estimate of drug-likeness (QED) is 0.661. The zero-order valence-corrected chi connectivity index (χ0v) is 9.45. The van der Waals surface area contributed by atoms with Crippen LogP contribution in [0.3, 0.4) is 0 Å². The summed E-state index contributed by atoms with van der Waals surface area (Å²) >= 11 is 0. The molecule has 1 amide bonds. The summed E-state index contributed by atoms with van der Waals surface area (Å²) in [7, 11) is 0. The van der Waals surface area contributed by atoms with Gasteiger partial charge in [-0.2, -0.15) is 0 Å². The van der Waals surface area contributed by atoms with Crippen LogP contribution in [-0.2, 0) is 4.79 Å². The van der Waals surface area contributed by atoms with E-state index in [4.69, 9.17) is 0 Å². The highest BCUT2D eigenvalue weighted by molar-refractivity contribution is 5.76. The van der Waals surface area contributed by atoms with E-state index in [1.807, 2.05) is 11.0 Å². The van der Waals surface area contributed by atoms with Crippen molar-refractivity contribution >= 4 is 5.91 Å². The Morgan fingerprint density at radius 3 is 2.80 bits per heavy atom. The van der Waals surface area contributed by atoms with Crippen molar-refractivity contribution in [1.29, 1.82) is 0 Å². The van der Waals surface area contributed by atoms with E-state index in [2.05, 4.69) is 13.8 Å². The van der Waals surface area contributed by atoms with Crippen LogP contribution in [-0.4, -0.2) is 22.5 Å². The molecule has 3 heteroatoms. The number of carbonyl (C=O) groups is 1. The number of rotatable bonds is 0. The van der Waals surface area contributed by atoms with Crippen molar-refractivity contribution in [3.8, 4) is 0 Å². The van der Waals surface area contributed by atoms with Gasteiger partial charge in [-0.25, -0.2) is 0 Å². The number of hydrogen-bond donors (Lipinski definition) is 1. The van der Waals surface area contributed by atoms with Gasteiger partial charge in [-0.1, -0.05) is 13.8 Å². The van der Waals surface area contributed by atoms with Gasteiger partial charge in [-0.3, -0.25) is 4.79 Å². The monoisotopic (exact) mass is 207 g/mol. The summed E-state index contributed by atoms with van der Waals surface area (Å²) in [6.07, 6.45) is 4.23. The summed E-state index contributed by atoms with van der Waals surface area (Å²) in [4.78, 5) is 13.3. The van der Waals surface area contributed by atoms with Gasteiger partial charge in [0.15, 0.2) is 0 Å². The van der Waals surface area contributed by atoms with Gasteiger partial charge < -0.3 is 10.0 Å². The second-order valence-corrected chi connectivity index (χ2v) is 5.10. The molecule has 0 aromatic rings. The lowest BCUT2D eigenvalue weighted by atomic mass is 9.77. The van der Waals surface area contributed by atoms with Crippen LogP contribution in [0, 0.1) is 11.3 Å². The normalized spacial score (nSPS) is 28.2. The van der Waals surface area contributed by atoms with E-state index in [0.29, 0.717) is 12.2 Å². The first-order valence-corrected chi connectivity index (χ1v) is 5.29. The summed E-state index contributed by atoms with van der Waals surface area (Å²) in [6.45, 7) is 6.64. The molecule has 2 rings (SSSR count). The maximum atomic E-state index is 11.5. The number of aliphatic hydroxyl groups excluding tert-OH is 1. The molecule has 82 valence electrons. The predicted molar refractivity (Wildman–Crippen MR) is 58.1 cm³/mol. The number of carbonyl (C=O) groups excluding carboxylic acids is 1. The largest absolute Gasteiger partial charge is 0.512 e. The average Bonchev–Trinajstić information content (AvgIpc) is 2.39. The number of hydrogen-bond acceptors (Lipinski definition) is 2. The van der Waals surface area contributed by atoms with Crippen LogP contribution in [0.1, 0.15) is 27.2 Å². The van der Waals surface area contributed by atoms with E-state index >= 15 is 0 Å². The molecule has 0 bridgehead atoms. The molecule has 0 aromatic carbocycles. The molecular weight excluding hydrogens is 190 g/mol. The van der Waals surface area contributed by atoms with Gasteiger partial charge in [-0.15, -0.1) is 0 Å². The molecule has 1 heterocycles. The first-order chi connectivity index (χ1) is 6.92. The molecule has 15 heavy (non-hydrogen) atoms. The molecule has 0 aromatic heterocycles. The van der Waals surface area contributed by atoms with Crippen LogP contribution in [0.15, 0.2) is 23.6 Å². The topological polar surface area (TPSA) is 40.5 Å². The maximum absolute atomic E-state index is 11.5. The average molecular weight is 207 g/mol. The third kappa shape index (κ3) is 1.56. The van der Waals surface area contributed by atoms with Crippen LogP contribution >= 0.6 is 0 Å². The van der Waals surface area contributed by atoms with Crippen LogP contribution in [0.4, 0.5) is 0 Å². The van der Waals surface area contributed by atoms with Gasteiger partial charge in [-0.05, 0) is 17.6 Å². The first-order valence-electron chi connectivity index (χ1n) is 5.29. The fraction of sp³-hybridized carbons (Fsp3) is 0.583. The Hall–Kier alpha value is -1.25. The van der Waals surface area contributed by atoms with Crippen LogP contribution in [0.25, 0.3) is 0 Å². The number of amides is 1. The number of nitrogens with zero attached hydrogens (tertiary/aromatic N) is 1. The van der Waals surface area contributed by atoms with Crippen molar-refractivity contribution in [2.45, 2.75) is 27.2 Å². The molecule has 1 atom stereocenters. The maximum Gasteiger partial charge on any atom is 0.223 e. The lowest BCUT2D eigenvalue weighted by Crippen LogP contribution is -2.27. The van der Waals surface area contributed by atoms with Gasteiger partial charge >= 0.3 is 0 Å². The molecule has 0 radical (unpaired) electrons. The Bertz CT molecular complexity index is 366. The van der Waals surface area contributed by atoms with Gasteiger partial charge in [0.05, 0.1) is 5.76 Å². The highest BCUT2D eigenvalue weighted by Gasteiger charge is 2.45. The van der Waals surface area contributed by atoms with Crippen molar-refractivity contribution in [2.24, 2.45) is 11.3 Å². The fourth-order valence-corrected chi connectivity index (χ4v) is 2.54. The molecule has 2 aliphatic rings. The van der Waals surface area contributed by atoms with Crippen molar-refractivity contribution in [2.75, 3.05) is 6.54 Å². The minimum absolute atomic E-state index is 0.0553. The zero-order chi connectivity index (χ0) is 11.2. The number of fused-ring (bicyclic) bond motifs is 1. The third-order valence-electron chi connectivity index (χ3n) is 3.42. The Balaban J connectivity index is 2.39. The molecule has 0 saturated carbocycles. The highest BCUT2D eigenvalue weighted by atomic mass is 16.3. The number of aliphatic hydroxyl groups is 1. The van der Waals surface area contributed by atoms with E-state index < -0.39 is 0 Å². The Labute approximate surface area is 90.1 Å². The number of allylic oxidation sites excluding steroid dienone is 4. The smallest absolute Gasteiger partial charge is 0.223 e. The predicted octanol–water partition coefficient (Wildman–Crippen LogP) is 2.22. The van der Waals surface area contributed by atoms with Gasteiger partial charge in [0.2, 0.25) is 5.91 Å². The van der Waals surface area contributed by atoms with E-state index in [1.54, 1.807) is 13.0 Å². The summed E-state index contributed by atoms with van der Waals surface area (Å²) in [5, 5.41) is 9.53. The molecule has 1 saturated heterocycles. The molecule has 1 aliphatic carbocycles. The summed E-state index contributed by atoms with van der Waals surface area (Å²) in [5.74, 6) is 0.778. The van der Waals surface area contributed by atoms with Crippen molar-refractivity contribution < 1.29 is 9.90 Å². The van der Waals surface area contributed by atoms with Gasteiger partial charge in [0.25, 0.3) is 0 Å². The molecule has 1 fully saturated rings. The SMILES string of the molecule is CC(=O)N1CC(C)(C)C2CC(O)=CC=C21. The zero-order valence-electron chi connectivity index (χ0n) is 9.45. The van der Waals surface area contributed by atoms with Crippen molar-refractivity contribution in [3.63, 3.8) is 0 Å². The van der Waals surface area contributed by atoms with Crippen LogP contribution in [0.5, 0.6) is 0 Å². The highest BCUT2D eigenvalue weighted by Crippen LogP contribution is 2.46. The molecule has 0 spiro atoms. The lowest BCUT2D eigenvalue weighted by Gasteiger charge is -2.26. The standard InChI is InChI=1S/C12H17NO2/c1-8(14)13-7-12(2,3)10-6-9(15)4-5-11(10)13/h4-5,10,15H,6-7H2,1-3H3. The molecule has 1 aliphatic heterocycles. The van der Waals surface area contributed by atoms with Crippen molar-refractivity contribution in [3.05, 3.63) is 23.6 Å². The van der Waals surface area contributed by atoms with Crippen LogP contribution < -0.4 is 0 Å². The van der Waals surface area contributed by atoms with E-state index in [9.17, 15) is 9.90 Å². The minimum Gasteiger partial charge on any atom is -0.512 e. The minimum atomic E-state index is 0.0553. The Morgan fingerprint density at radius 1 is 1.53 bits per heavy atom. The lowest BCUT2D eigenvalue weighted by molar-refractivity contribution is -0.126. The fourth-order valence-electron chi connectivity index (χ4n) is 2.54. The van der Waals surface area contributed by atoms with Gasteiger partial charge in [0, 0.05) is 31.5 Å². The Kier molecular flexibility index (Phi) is 2.14. The summed E-state index contributed by atoms with van der Waals surface area (Å²) in [6, 6.07) is 0. The molecule has 1 N–H and O–H groups in total. The Morgan fingerprint density at radius 2 is 2.20 bits per heavy atom. The van der Waals surface area contributed by atoms with E-state index in [1.165, 1.54) is 0 Å². The first kappa shape index (κ1) is 10.3. The molecular formula is C12H17NO2. The second kappa shape index (κ2) is 3.12. The summed E-state index contributed by atoms with van der Waals surface area (Å²) in [5.41, 5.74) is 1.12. The van der Waals surface area contributed by atoms with Crippen LogP contribution in [0.2, 0.25) is 0 Å². The number of likely N-dealkylation sites (tertiary alicyclic amines) is 1.